The summed E-state index contributed by atoms with van der Waals surface area (Å²) in [5.41, 5.74) is 3.94. The van der Waals surface area contributed by atoms with Crippen molar-refractivity contribution >= 4 is 53.3 Å². The molecule has 0 aliphatic carbocycles. The normalized spacial score (nSPS) is 10.9. The molecule has 0 saturated carbocycles. The number of amides is 1. The minimum Gasteiger partial charge on any atom is -0.423 e. The summed E-state index contributed by atoms with van der Waals surface area (Å²) in [7, 11) is 0. The molecule has 0 atom stereocenters. The topological polar surface area (TPSA) is 94.1 Å². The zero-order chi connectivity index (χ0) is 27.6. The quantitative estimate of drug-likeness (QED) is 0.0864. The fourth-order valence-electron chi connectivity index (χ4n) is 3.32. The van der Waals surface area contributed by atoms with Crippen LogP contribution in [0.5, 0.6) is 11.5 Å². The number of hydrazone groups is 1. The molecule has 4 rings (SSSR count). The summed E-state index contributed by atoms with van der Waals surface area (Å²) in [6.07, 6.45) is 4.04. The number of esters is 2. The van der Waals surface area contributed by atoms with Crippen molar-refractivity contribution in [2.24, 2.45) is 5.10 Å². The molecule has 0 fully saturated rings. The van der Waals surface area contributed by atoms with Gasteiger partial charge in [-0.25, -0.2) is 15.0 Å². The van der Waals surface area contributed by atoms with Crippen LogP contribution < -0.4 is 14.9 Å². The summed E-state index contributed by atoms with van der Waals surface area (Å²) in [6.45, 7) is 0. The van der Waals surface area contributed by atoms with Crippen LogP contribution in [0.1, 0.15) is 31.8 Å². The van der Waals surface area contributed by atoms with Gasteiger partial charge in [0.1, 0.15) is 11.5 Å². The highest BCUT2D eigenvalue weighted by Gasteiger charge is 2.12. The molecule has 0 bridgehead atoms. The number of carbonyl (C=O) groups is 3. The third-order valence-electron chi connectivity index (χ3n) is 5.21. The van der Waals surface area contributed by atoms with Crippen molar-refractivity contribution in [3.8, 4) is 11.5 Å². The van der Waals surface area contributed by atoms with Crippen LogP contribution in [0.4, 0.5) is 0 Å². The SMILES string of the molecule is O=C(/C=C/c1ccccc1OC(=O)c1ccccc1)Oc1ccccc1/C=N/NC(=O)c1ccc(Cl)cc1Cl. The molecule has 0 saturated heterocycles. The number of rotatable bonds is 8. The molecular weight excluding hydrogens is 539 g/mol. The van der Waals surface area contributed by atoms with Crippen molar-refractivity contribution in [2.75, 3.05) is 0 Å². The molecule has 4 aromatic rings. The van der Waals surface area contributed by atoms with Crippen molar-refractivity contribution < 1.29 is 23.9 Å². The zero-order valence-electron chi connectivity index (χ0n) is 20.2. The van der Waals surface area contributed by atoms with Crippen molar-refractivity contribution in [3.63, 3.8) is 0 Å². The Balaban J connectivity index is 1.41. The Morgan fingerprint density at radius 1 is 0.744 bits per heavy atom. The Hall–Kier alpha value is -4.72. The third-order valence-corrected chi connectivity index (χ3v) is 5.75. The molecule has 4 aromatic carbocycles. The molecule has 0 aliphatic heterocycles. The highest BCUT2D eigenvalue weighted by atomic mass is 35.5. The molecule has 9 heteroatoms. The summed E-state index contributed by atoms with van der Waals surface area (Å²) < 4.78 is 11.0. The molecule has 1 N–H and O–H groups in total. The first kappa shape index (κ1) is 27.3. The van der Waals surface area contributed by atoms with E-state index in [1.807, 2.05) is 0 Å². The van der Waals surface area contributed by atoms with E-state index in [4.69, 9.17) is 32.7 Å². The van der Waals surface area contributed by atoms with Gasteiger partial charge >= 0.3 is 11.9 Å². The molecule has 0 heterocycles. The average molecular weight is 559 g/mol. The highest BCUT2D eigenvalue weighted by molar-refractivity contribution is 6.36. The summed E-state index contributed by atoms with van der Waals surface area (Å²) >= 11 is 11.9. The van der Waals surface area contributed by atoms with Crippen LogP contribution in [0.2, 0.25) is 10.0 Å². The van der Waals surface area contributed by atoms with E-state index in [9.17, 15) is 14.4 Å². The predicted molar refractivity (Wildman–Crippen MR) is 150 cm³/mol. The van der Waals surface area contributed by atoms with E-state index in [1.54, 1.807) is 84.9 Å². The number of benzene rings is 4. The van der Waals surface area contributed by atoms with Gasteiger partial charge < -0.3 is 9.47 Å². The highest BCUT2D eigenvalue weighted by Crippen LogP contribution is 2.23. The minimum atomic E-state index is -0.669. The molecule has 39 heavy (non-hydrogen) atoms. The van der Waals surface area contributed by atoms with Crippen LogP contribution in [-0.2, 0) is 4.79 Å². The second kappa shape index (κ2) is 13.2. The lowest BCUT2D eigenvalue weighted by Crippen LogP contribution is -2.18. The van der Waals surface area contributed by atoms with Gasteiger partial charge in [-0.2, -0.15) is 5.10 Å². The van der Waals surface area contributed by atoms with Gasteiger partial charge in [-0.1, -0.05) is 71.7 Å². The first-order valence-electron chi connectivity index (χ1n) is 11.5. The fraction of sp³-hybridized carbons (Fsp3) is 0. The Bertz CT molecular complexity index is 1570. The lowest BCUT2D eigenvalue weighted by Gasteiger charge is -2.08. The van der Waals surface area contributed by atoms with E-state index in [-0.39, 0.29) is 16.3 Å². The van der Waals surface area contributed by atoms with Crippen LogP contribution in [0.3, 0.4) is 0 Å². The molecular formula is C30H20Cl2N2O5. The number of ether oxygens (including phenoxy) is 2. The smallest absolute Gasteiger partial charge is 0.343 e. The van der Waals surface area contributed by atoms with Gasteiger partial charge in [0.25, 0.3) is 5.91 Å². The lowest BCUT2D eigenvalue weighted by atomic mass is 10.2. The predicted octanol–water partition coefficient (Wildman–Crippen LogP) is 6.60. The van der Waals surface area contributed by atoms with E-state index in [0.717, 1.165) is 0 Å². The number of nitrogens with zero attached hydrogens (tertiary/aromatic N) is 1. The second-order valence-corrected chi connectivity index (χ2v) is 8.75. The number of carbonyl (C=O) groups excluding carboxylic acids is 3. The molecule has 0 unspecified atom stereocenters. The maximum absolute atomic E-state index is 12.6. The van der Waals surface area contributed by atoms with Crippen molar-refractivity contribution in [1.82, 2.24) is 5.43 Å². The van der Waals surface area contributed by atoms with E-state index >= 15 is 0 Å². The molecule has 0 aliphatic rings. The molecule has 194 valence electrons. The van der Waals surface area contributed by atoms with Crippen LogP contribution in [0.25, 0.3) is 6.08 Å². The van der Waals surface area contributed by atoms with E-state index in [2.05, 4.69) is 10.5 Å². The zero-order valence-corrected chi connectivity index (χ0v) is 21.7. The van der Waals surface area contributed by atoms with Crippen LogP contribution in [0, 0.1) is 0 Å². The van der Waals surface area contributed by atoms with Crippen molar-refractivity contribution in [1.29, 1.82) is 0 Å². The van der Waals surface area contributed by atoms with Crippen LogP contribution >= 0.6 is 23.2 Å². The van der Waals surface area contributed by atoms with Crippen molar-refractivity contribution in [2.45, 2.75) is 0 Å². The summed E-state index contributed by atoms with van der Waals surface area (Å²) in [6, 6.07) is 26.5. The van der Waals surface area contributed by atoms with Gasteiger partial charge in [-0.3, -0.25) is 4.79 Å². The monoisotopic (exact) mass is 558 g/mol. The number of hydrogen-bond donors (Lipinski definition) is 1. The number of nitrogens with one attached hydrogen (secondary N) is 1. The first-order chi connectivity index (χ1) is 18.9. The van der Waals surface area contributed by atoms with Gasteiger partial charge in [0.05, 0.1) is 22.4 Å². The minimum absolute atomic E-state index is 0.188. The van der Waals surface area contributed by atoms with Gasteiger partial charge in [0.2, 0.25) is 0 Å². The standard InChI is InChI=1S/C30H20Cl2N2O5/c31-23-15-16-24(25(32)18-23)29(36)34-33-19-22-11-5-7-13-27(22)38-28(35)17-14-20-8-4-6-12-26(20)39-30(37)21-9-2-1-3-10-21/h1-19H,(H,34,36)/b17-14+,33-19+. The van der Waals surface area contributed by atoms with E-state index in [0.29, 0.717) is 27.5 Å². The van der Waals surface area contributed by atoms with E-state index in [1.165, 1.54) is 30.5 Å². The van der Waals surface area contributed by atoms with Crippen molar-refractivity contribution in [3.05, 3.63) is 135 Å². The Morgan fingerprint density at radius 3 is 2.10 bits per heavy atom. The van der Waals surface area contributed by atoms with Gasteiger partial charge in [0, 0.05) is 22.2 Å². The second-order valence-electron chi connectivity index (χ2n) is 7.91. The largest absolute Gasteiger partial charge is 0.423 e. The average Bonchev–Trinajstić information content (AvgIpc) is 2.94. The third kappa shape index (κ3) is 7.64. The van der Waals surface area contributed by atoms with Gasteiger partial charge in [0.15, 0.2) is 0 Å². The summed E-state index contributed by atoms with van der Waals surface area (Å²) in [4.78, 5) is 37.3. The Morgan fingerprint density at radius 2 is 1.38 bits per heavy atom. The fourth-order valence-corrected chi connectivity index (χ4v) is 3.81. The molecule has 0 radical (unpaired) electrons. The van der Waals surface area contributed by atoms with Crippen LogP contribution in [0.15, 0.2) is 108 Å². The Labute approximate surface area is 234 Å². The number of hydrogen-bond acceptors (Lipinski definition) is 6. The van der Waals surface area contributed by atoms with Gasteiger partial charge in [-0.15, -0.1) is 0 Å². The van der Waals surface area contributed by atoms with Gasteiger partial charge in [-0.05, 0) is 54.6 Å². The first-order valence-corrected chi connectivity index (χ1v) is 12.3. The number of para-hydroxylation sites is 2. The molecule has 0 aromatic heterocycles. The molecule has 7 nitrogen and oxygen atoms in total. The molecule has 1 amide bonds. The van der Waals surface area contributed by atoms with E-state index < -0.39 is 17.8 Å². The summed E-state index contributed by atoms with van der Waals surface area (Å²) in [5.74, 6) is -1.20. The Kier molecular flexibility index (Phi) is 9.24. The maximum atomic E-state index is 12.6. The summed E-state index contributed by atoms with van der Waals surface area (Å²) in [5, 5.41) is 4.53. The lowest BCUT2D eigenvalue weighted by molar-refractivity contribution is -0.128. The number of halogens is 2. The molecule has 0 spiro atoms. The van der Waals surface area contributed by atoms with Crippen LogP contribution in [-0.4, -0.2) is 24.1 Å². The maximum Gasteiger partial charge on any atom is 0.343 e.